The Bertz CT molecular complexity index is 1930. The van der Waals surface area contributed by atoms with Crippen molar-refractivity contribution in [2.24, 2.45) is 5.92 Å². The smallest absolute Gasteiger partial charge is 0.417 e. The minimum absolute atomic E-state index is 0.00954. The largest absolute Gasteiger partial charge is 0.444 e. The lowest BCUT2D eigenvalue weighted by molar-refractivity contribution is -0.139. The molecule has 2 atom stereocenters. The van der Waals surface area contributed by atoms with Crippen LogP contribution in [-0.4, -0.2) is 142 Å². The van der Waals surface area contributed by atoms with Crippen LogP contribution in [0.3, 0.4) is 0 Å². The number of thioether (sulfide) groups is 1. The van der Waals surface area contributed by atoms with E-state index < -0.39 is 45.5 Å². The number of aromatic nitrogens is 2. The normalized spacial score (nSPS) is 21.0. The number of nitrogens with one attached hydrogen (secondary N) is 1. The Morgan fingerprint density at radius 2 is 1.78 bits per heavy atom. The Kier molecular flexibility index (Phi) is 13.8. The van der Waals surface area contributed by atoms with Gasteiger partial charge >= 0.3 is 12.3 Å². The highest BCUT2D eigenvalue weighted by atomic mass is 32.2. The first-order valence-electron chi connectivity index (χ1n) is 20.1. The Labute approximate surface area is 342 Å². The number of likely N-dealkylation sites (tertiary alicyclic amines) is 3. The van der Waals surface area contributed by atoms with Crippen molar-refractivity contribution in [3.05, 3.63) is 35.0 Å². The van der Waals surface area contributed by atoms with Gasteiger partial charge in [-0.15, -0.1) is 11.8 Å². The Morgan fingerprint density at radius 1 is 1.03 bits per heavy atom. The van der Waals surface area contributed by atoms with Crippen LogP contribution in [0.1, 0.15) is 76.1 Å². The van der Waals surface area contributed by atoms with Gasteiger partial charge in [0.05, 0.1) is 36.1 Å². The number of rotatable bonds is 12. The summed E-state index contributed by atoms with van der Waals surface area (Å²) in [5.74, 6) is -0.408. The third kappa shape index (κ3) is 11.1. The van der Waals surface area contributed by atoms with Gasteiger partial charge in [-0.25, -0.2) is 13.2 Å². The molecule has 322 valence electrons. The fourth-order valence-corrected chi connectivity index (χ4v) is 10.1. The van der Waals surface area contributed by atoms with E-state index in [0.717, 1.165) is 68.7 Å². The average Bonchev–Trinajstić information content (AvgIpc) is 3.74. The molecular weight excluding hydrogens is 800 g/mol. The van der Waals surface area contributed by atoms with Crippen molar-refractivity contribution in [3.8, 4) is 11.3 Å². The molecular formula is C39H56F3N7O7S2. The van der Waals surface area contributed by atoms with Crippen molar-refractivity contribution >= 4 is 39.7 Å². The summed E-state index contributed by atoms with van der Waals surface area (Å²) in [6.07, 6.45) is -0.194. The van der Waals surface area contributed by atoms with Crippen molar-refractivity contribution < 1.29 is 45.8 Å². The molecule has 14 nitrogen and oxygen atoms in total. The van der Waals surface area contributed by atoms with Gasteiger partial charge in [0.15, 0.2) is 0 Å². The van der Waals surface area contributed by atoms with E-state index in [1.54, 1.807) is 25.5 Å². The molecule has 0 bridgehead atoms. The molecule has 4 aliphatic heterocycles. The predicted molar refractivity (Wildman–Crippen MR) is 212 cm³/mol. The molecule has 3 saturated heterocycles. The highest BCUT2D eigenvalue weighted by Crippen LogP contribution is 2.40. The van der Waals surface area contributed by atoms with E-state index in [4.69, 9.17) is 9.84 Å². The molecule has 1 aromatic heterocycles. The average molecular weight is 856 g/mol. The standard InChI is InChI=1S/C39H56F3N7O7S2/c1-38(2,3)56-37(53)46-15-5-7-27(22-46)36(52)43-14-20-57-33-21-26(9-10-31(33)39(40,41)42)35-30-25-47(58(4,54)55)19-13-32(30)49(44-35)24-29(50)23-45-17-11-28(12-18-45)48-16-6-8-34(48)51/h9-10,21,27-29,50H,5-8,11-20,22-25H2,1-4H3,(H,43,52). The molecule has 3 fully saturated rings. The lowest BCUT2D eigenvalue weighted by atomic mass is 9.97. The minimum Gasteiger partial charge on any atom is -0.444 e. The maximum Gasteiger partial charge on any atom is 0.417 e. The second kappa shape index (κ2) is 18.1. The summed E-state index contributed by atoms with van der Waals surface area (Å²) in [5, 5.41) is 18.9. The fraction of sp³-hybridized carbons (Fsp3) is 0.692. The summed E-state index contributed by atoms with van der Waals surface area (Å²) in [6.45, 7) is 9.02. The number of carbonyl (C=O) groups is 3. The zero-order valence-electron chi connectivity index (χ0n) is 33.7. The first-order valence-corrected chi connectivity index (χ1v) is 22.9. The van der Waals surface area contributed by atoms with Gasteiger partial charge in [-0.05, 0) is 65.0 Å². The van der Waals surface area contributed by atoms with Gasteiger partial charge in [-0.3, -0.25) is 14.3 Å². The number of aliphatic hydroxyl groups excluding tert-OH is 1. The third-order valence-corrected chi connectivity index (χ3v) is 13.5. The number of nitrogens with zero attached hydrogens (tertiary/aromatic N) is 6. The fourth-order valence-electron chi connectivity index (χ4n) is 8.34. The molecule has 2 unspecified atom stereocenters. The van der Waals surface area contributed by atoms with Crippen molar-refractivity contribution in [1.29, 1.82) is 0 Å². The number of β-amino-alcohol motifs (C(OH)–C–C–N with tert-alkyl or cyclic N) is 1. The summed E-state index contributed by atoms with van der Waals surface area (Å²) in [5.41, 5.74) is 0.516. The van der Waals surface area contributed by atoms with Crippen LogP contribution < -0.4 is 5.32 Å². The van der Waals surface area contributed by atoms with Gasteiger partial charge in [-0.2, -0.15) is 22.6 Å². The molecule has 2 N–H and O–H groups in total. The van der Waals surface area contributed by atoms with E-state index in [-0.39, 0.29) is 61.2 Å². The van der Waals surface area contributed by atoms with Crippen molar-refractivity contribution in [3.63, 3.8) is 0 Å². The molecule has 5 heterocycles. The van der Waals surface area contributed by atoms with E-state index >= 15 is 0 Å². The number of alkyl halides is 3. The minimum atomic E-state index is -4.66. The number of hydrogen-bond acceptors (Lipinski definition) is 10. The SMILES string of the molecule is CC(C)(C)OC(=O)N1CCCC(C(=O)NCCSc2cc(-c3nn(CC(O)CN4CCC(N5CCCC5=O)CC4)c4c3CN(S(C)(=O)=O)CC4)ccc2C(F)(F)F)C1. The van der Waals surface area contributed by atoms with Crippen molar-refractivity contribution in [1.82, 2.24) is 34.1 Å². The van der Waals surface area contributed by atoms with E-state index in [1.165, 1.54) is 21.3 Å². The maximum atomic E-state index is 14.3. The summed E-state index contributed by atoms with van der Waals surface area (Å²) in [7, 11) is -3.59. The topological polar surface area (TPSA) is 158 Å². The molecule has 4 aliphatic rings. The van der Waals surface area contributed by atoms with Crippen molar-refractivity contribution in [2.45, 2.75) is 108 Å². The quantitative estimate of drug-likeness (QED) is 0.235. The number of amides is 3. The molecule has 19 heteroatoms. The Balaban J connectivity index is 1.14. The van der Waals surface area contributed by atoms with Crippen LogP contribution in [0.2, 0.25) is 0 Å². The maximum absolute atomic E-state index is 14.3. The summed E-state index contributed by atoms with van der Waals surface area (Å²) < 4.78 is 76.6. The molecule has 1 aromatic carbocycles. The van der Waals surface area contributed by atoms with Crippen LogP contribution in [0.5, 0.6) is 0 Å². The van der Waals surface area contributed by atoms with Gasteiger partial charge in [0, 0.05) is 105 Å². The Morgan fingerprint density at radius 3 is 2.43 bits per heavy atom. The molecule has 0 radical (unpaired) electrons. The second-order valence-electron chi connectivity index (χ2n) is 16.8. The zero-order valence-corrected chi connectivity index (χ0v) is 35.4. The van der Waals surface area contributed by atoms with Gasteiger partial charge in [-0.1, -0.05) is 6.07 Å². The first-order chi connectivity index (χ1) is 27.3. The highest BCUT2D eigenvalue weighted by molar-refractivity contribution is 7.99. The van der Waals surface area contributed by atoms with Crippen LogP contribution in [0.15, 0.2) is 23.1 Å². The lowest BCUT2D eigenvalue weighted by Crippen LogP contribution is -2.47. The number of hydrogen-bond donors (Lipinski definition) is 2. The lowest BCUT2D eigenvalue weighted by Gasteiger charge is -2.37. The van der Waals surface area contributed by atoms with Gasteiger partial charge in [0.2, 0.25) is 21.8 Å². The van der Waals surface area contributed by atoms with Gasteiger partial charge in [0.25, 0.3) is 0 Å². The molecule has 6 rings (SSSR count). The number of piperidine rings is 2. The second-order valence-corrected chi connectivity index (χ2v) is 19.9. The number of carbonyl (C=O) groups excluding carboxylic acids is 3. The molecule has 2 aromatic rings. The van der Waals surface area contributed by atoms with Gasteiger partial charge < -0.3 is 29.9 Å². The number of ether oxygens (including phenoxy) is 1. The number of fused-ring (bicyclic) bond motifs is 1. The summed E-state index contributed by atoms with van der Waals surface area (Å²) in [6, 6.07) is 3.97. The van der Waals surface area contributed by atoms with Crippen LogP contribution in [-0.2, 0) is 50.0 Å². The summed E-state index contributed by atoms with van der Waals surface area (Å²) in [4.78, 5) is 43.5. The van der Waals surface area contributed by atoms with Crippen LogP contribution in [0.4, 0.5) is 18.0 Å². The first kappa shape index (κ1) is 44.2. The number of sulfonamides is 1. The van der Waals surface area contributed by atoms with Crippen LogP contribution in [0, 0.1) is 5.92 Å². The zero-order chi connectivity index (χ0) is 42.0. The van der Waals surface area contributed by atoms with Crippen LogP contribution >= 0.6 is 11.8 Å². The van der Waals surface area contributed by atoms with Crippen molar-refractivity contribution in [2.75, 3.05) is 64.4 Å². The molecule has 0 saturated carbocycles. The van der Waals surface area contributed by atoms with E-state index in [9.17, 15) is 41.1 Å². The van der Waals surface area contributed by atoms with Gasteiger partial charge in [0.1, 0.15) is 5.60 Å². The highest BCUT2D eigenvalue weighted by Gasteiger charge is 2.36. The molecule has 0 aliphatic carbocycles. The van der Waals surface area contributed by atoms with E-state index in [1.807, 2.05) is 4.90 Å². The number of aliphatic hydroxyl groups is 1. The Hall–Kier alpha value is -3.39. The number of benzene rings is 1. The van der Waals surface area contributed by atoms with Crippen LogP contribution in [0.25, 0.3) is 11.3 Å². The molecule has 58 heavy (non-hydrogen) atoms. The predicted octanol–water partition coefficient (Wildman–Crippen LogP) is 4.19. The van der Waals surface area contributed by atoms with E-state index in [0.29, 0.717) is 55.6 Å². The summed E-state index contributed by atoms with van der Waals surface area (Å²) >= 11 is 0.943. The van der Waals surface area contributed by atoms with E-state index in [2.05, 4.69) is 10.2 Å². The third-order valence-electron chi connectivity index (χ3n) is 11.2. The molecule has 0 spiro atoms. The number of halogens is 3. The monoisotopic (exact) mass is 855 g/mol. The molecule has 3 amide bonds.